The van der Waals surface area contributed by atoms with Crippen LogP contribution in [-0.2, 0) is 9.59 Å². The zero-order valence-electron chi connectivity index (χ0n) is 32.1. The van der Waals surface area contributed by atoms with Crippen LogP contribution in [0.3, 0.4) is 0 Å². The standard InChI is InChI=1S/C27H27N3O2.C10H12O.C4H11N.C2H6.CH5N/c1-19-4-6-20(7-5-19)8-9-21-10-16-24(17-11-21)29-26(31)25-3-2-18-30(25)27(32)22-12-14-23(28)15-13-22;1-3-5-6-7-10(4-2)8-9-11;1-3-4-5-2;2*1-2/h4-17,25H,2-3,18,28H2,1H3,(H,29,31);3-7,9H,1-2,8H2;5H,3-4H2,1-2H3;1-2H3;2H2,1H3/b9-8+;6-5-,10-7+;;;. The molecule has 1 fully saturated rings. The van der Waals surface area contributed by atoms with E-state index in [0.29, 0.717) is 36.3 Å². The van der Waals surface area contributed by atoms with E-state index in [1.165, 1.54) is 19.0 Å². The fourth-order valence-electron chi connectivity index (χ4n) is 4.67. The maximum Gasteiger partial charge on any atom is 0.254 e. The summed E-state index contributed by atoms with van der Waals surface area (Å²) >= 11 is 0. The lowest BCUT2D eigenvalue weighted by atomic mass is 10.1. The molecular weight excluding hydrogens is 647 g/mol. The number of carbonyl (C=O) groups excluding carboxylic acids is 3. The Bertz CT molecular complexity index is 1540. The molecule has 0 saturated carbocycles. The molecule has 0 spiro atoms. The molecule has 1 unspecified atom stereocenters. The molecule has 3 aromatic rings. The summed E-state index contributed by atoms with van der Waals surface area (Å²) < 4.78 is 0. The maximum absolute atomic E-state index is 12.9. The summed E-state index contributed by atoms with van der Waals surface area (Å²) in [5.41, 5.74) is 16.4. The molecule has 6 N–H and O–H groups in total. The molecule has 0 aromatic heterocycles. The van der Waals surface area contributed by atoms with Crippen LogP contribution in [0.1, 0.15) is 73.5 Å². The fraction of sp³-hybridized carbons (Fsp3) is 0.295. The zero-order chi connectivity index (χ0) is 39.1. The number of hydrogen-bond acceptors (Lipinski definition) is 6. The minimum atomic E-state index is -0.471. The highest BCUT2D eigenvalue weighted by molar-refractivity contribution is 6.01. The Morgan fingerprint density at radius 1 is 0.904 bits per heavy atom. The van der Waals surface area contributed by atoms with Gasteiger partial charge >= 0.3 is 0 Å². The molecule has 1 heterocycles. The van der Waals surface area contributed by atoms with Crippen LogP contribution in [0.25, 0.3) is 12.2 Å². The van der Waals surface area contributed by atoms with E-state index in [-0.39, 0.29) is 11.8 Å². The molecular formula is C44H61N5O3. The van der Waals surface area contributed by atoms with Gasteiger partial charge in [0.15, 0.2) is 0 Å². The summed E-state index contributed by atoms with van der Waals surface area (Å²) in [6, 6.07) is 22.4. The van der Waals surface area contributed by atoms with Gasteiger partial charge in [-0.3, -0.25) is 9.59 Å². The number of rotatable bonds is 12. The third-order valence-corrected chi connectivity index (χ3v) is 7.34. The van der Waals surface area contributed by atoms with Gasteiger partial charge in [-0.15, -0.1) is 0 Å². The molecule has 2 amide bonds. The monoisotopic (exact) mass is 707 g/mol. The van der Waals surface area contributed by atoms with Crippen molar-refractivity contribution in [3.8, 4) is 0 Å². The first kappa shape index (κ1) is 46.7. The number of likely N-dealkylation sites (tertiary alicyclic amines) is 1. The van der Waals surface area contributed by atoms with Crippen molar-refractivity contribution in [1.82, 2.24) is 10.2 Å². The van der Waals surface area contributed by atoms with Crippen LogP contribution < -0.4 is 22.1 Å². The van der Waals surface area contributed by atoms with E-state index in [9.17, 15) is 14.4 Å². The summed E-state index contributed by atoms with van der Waals surface area (Å²) in [7, 11) is 3.46. The van der Waals surface area contributed by atoms with E-state index in [4.69, 9.17) is 5.73 Å². The average molecular weight is 708 g/mol. The predicted octanol–water partition coefficient (Wildman–Crippen LogP) is 8.64. The number of carbonyl (C=O) groups is 3. The van der Waals surface area contributed by atoms with Crippen LogP contribution in [-0.4, -0.2) is 56.2 Å². The second-order valence-corrected chi connectivity index (χ2v) is 11.2. The minimum Gasteiger partial charge on any atom is -0.399 e. The van der Waals surface area contributed by atoms with Crippen LogP contribution in [0.2, 0.25) is 0 Å². The third kappa shape index (κ3) is 18.6. The first-order valence-electron chi connectivity index (χ1n) is 17.8. The van der Waals surface area contributed by atoms with Crippen molar-refractivity contribution in [3.05, 3.63) is 144 Å². The summed E-state index contributed by atoms with van der Waals surface area (Å²) in [6.45, 7) is 17.0. The molecule has 0 aliphatic carbocycles. The van der Waals surface area contributed by atoms with Crippen LogP contribution in [0, 0.1) is 6.92 Å². The number of aldehydes is 1. The fourth-order valence-corrected chi connectivity index (χ4v) is 4.67. The predicted molar refractivity (Wildman–Crippen MR) is 224 cm³/mol. The number of nitrogens with zero attached hydrogens (tertiary/aromatic N) is 1. The Labute approximate surface area is 313 Å². The SMILES string of the molecule is C=C/C=C\C=C(/C=C)CC=O.CC.CCCNC.CN.Cc1ccc(/C=C/c2ccc(NC(=O)C3CCCN3C(=O)c3ccc(N)cc3)cc2)cc1. The van der Waals surface area contributed by atoms with E-state index in [2.05, 4.69) is 73.7 Å². The second kappa shape index (κ2) is 29.4. The lowest BCUT2D eigenvalue weighted by Crippen LogP contribution is -2.43. The molecule has 0 bridgehead atoms. The number of benzene rings is 3. The van der Waals surface area contributed by atoms with Gasteiger partial charge < -0.3 is 31.8 Å². The zero-order valence-corrected chi connectivity index (χ0v) is 32.1. The van der Waals surface area contributed by atoms with Gasteiger partial charge in [0.25, 0.3) is 5.91 Å². The highest BCUT2D eigenvalue weighted by atomic mass is 16.2. The van der Waals surface area contributed by atoms with Crippen LogP contribution in [0.15, 0.2) is 122 Å². The van der Waals surface area contributed by atoms with Gasteiger partial charge in [0.05, 0.1) is 0 Å². The molecule has 8 heteroatoms. The van der Waals surface area contributed by atoms with Crippen molar-refractivity contribution in [1.29, 1.82) is 0 Å². The van der Waals surface area contributed by atoms with E-state index in [1.54, 1.807) is 47.4 Å². The molecule has 8 nitrogen and oxygen atoms in total. The van der Waals surface area contributed by atoms with Gasteiger partial charge in [-0.2, -0.15) is 0 Å². The minimum absolute atomic E-state index is 0.140. The van der Waals surface area contributed by atoms with E-state index >= 15 is 0 Å². The first-order valence-corrected chi connectivity index (χ1v) is 17.8. The van der Waals surface area contributed by atoms with Gasteiger partial charge in [0.2, 0.25) is 5.91 Å². The second-order valence-electron chi connectivity index (χ2n) is 11.2. The summed E-state index contributed by atoms with van der Waals surface area (Å²) in [5, 5.41) is 5.98. The van der Waals surface area contributed by atoms with Crippen LogP contribution >= 0.6 is 0 Å². The number of nitrogens with two attached hydrogens (primary N) is 2. The topological polar surface area (TPSA) is 131 Å². The van der Waals surface area contributed by atoms with Gasteiger partial charge in [-0.1, -0.05) is 118 Å². The summed E-state index contributed by atoms with van der Waals surface area (Å²) in [5.74, 6) is -0.298. The third-order valence-electron chi connectivity index (χ3n) is 7.34. The average Bonchev–Trinajstić information content (AvgIpc) is 3.68. The van der Waals surface area contributed by atoms with Gasteiger partial charge in [-0.25, -0.2) is 0 Å². The molecule has 0 radical (unpaired) electrons. The number of allylic oxidation sites excluding steroid dienone is 6. The quantitative estimate of drug-likeness (QED) is 0.0645. The van der Waals surface area contributed by atoms with Crippen molar-refractivity contribution in [2.24, 2.45) is 5.73 Å². The van der Waals surface area contributed by atoms with Crippen LogP contribution in [0.4, 0.5) is 11.4 Å². The highest BCUT2D eigenvalue weighted by Crippen LogP contribution is 2.23. The van der Waals surface area contributed by atoms with Crippen molar-refractivity contribution in [2.75, 3.05) is 38.2 Å². The lowest BCUT2D eigenvalue weighted by Gasteiger charge is -2.24. The van der Waals surface area contributed by atoms with Crippen molar-refractivity contribution < 1.29 is 14.4 Å². The van der Waals surface area contributed by atoms with Crippen molar-refractivity contribution in [2.45, 2.75) is 59.4 Å². The molecule has 1 aliphatic rings. The highest BCUT2D eigenvalue weighted by Gasteiger charge is 2.34. The molecule has 52 heavy (non-hydrogen) atoms. The number of nitrogen functional groups attached to an aromatic ring is 1. The Balaban J connectivity index is 0.00000108. The lowest BCUT2D eigenvalue weighted by molar-refractivity contribution is -0.119. The number of nitrogens with one attached hydrogen (secondary N) is 2. The van der Waals surface area contributed by atoms with Crippen molar-refractivity contribution >= 4 is 41.6 Å². The van der Waals surface area contributed by atoms with Gasteiger partial charge in [-0.05, 0) is 99.9 Å². The largest absolute Gasteiger partial charge is 0.399 e. The molecule has 3 aromatic carbocycles. The Hall–Kier alpha value is -5.31. The van der Waals surface area contributed by atoms with E-state index < -0.39 is 6.04 Å². The normalized spacial score (nSPS) is 13.2. The molecule has 1 aliphatic heterocycles. The summed E-state index contributed by atoms with van der Waals surface area (Å²) in [4.78, 5) is 37.5. The van der Waals surface area contributed by atoms with E-state index in [0.717, 1.165) is 36.0 Å². The van der Waals surface area contributed by atoms with E-state index in [1.807, 2.05) is 63.4 Å². The first-order chi connectivity index (χ1) is 25.3. The number of amides is 2. The molecule has 4 rings (SSSR count). The Kier molecular flexibility index (Phi) is 26.4. The molecule has 1 atom stereocenters. The molecule has 280 valence electrons. The van der Waals surface area contributed by atoms with Gasteiger partial charge in [0, 0.05) is 29.9 Å². The summed E-state index contributed by atoms with van der Waals surface area (Å²) in [6.07, 6.45) is 16.9. The number of aryl methyl sites for hydroxylation is 1. The van der Waals surface area contributed by atoms with Crippen LogP contribution in [0.5, 0.6) is 0 Å². The number of anilines is 2. The maximum atomic E-state index is 12.9. The Morgan fingerprint density at radius 3 is 1.96 bits per heavy atom. The number of hydrogen-bond donors (Lipinski definition) is 4. The smallest absolute Gasteiger partial charge is 0.254 e. The Morgan fingerprint density at radius 2 is 1.48 bits per heavy atom. The van der Waals surface area contributed by atoms with Gasteiger partial charge in [0.1, 0.15) is 12.3 Å². The molecule has 1 saturated heterocycles. The van der Waals surface area contributed by atoms with Crippen molar-refractivity contribution in [3.63, 3.8) is 0 Å².